The largest absolute Gasteiger partial charge is 0.494 e. The summed E-state index contributed by atoms with van der Waals surface area (Å²) >= 11 is 0. The number of ether oxygens (including phenoxy) is 1. The maximum absolute atomic E-state index is 13.4. The van der Waals surface area contributed by atoms with Gasteiger partial charge >= 0.3 is 0 Å². The van der Waals surface area contributed by atoms with Crippen LogP contribution in [0.2, 0.25) is 0 Å². The number of nitrogens with one attached hydrogen (secondary N) is 2. The number of methoxy groups -OCH3 is 1. The summed E-state index contributed by atoms with van der Waals surface area (Å²) in [5.41, 5.74) is 3.94. The Morgan fingerprint density at radius 3 is 2.55 bits per heavy atom. The zero-order valence-electron chi connectivity index (χ0n) is 11.5. The Morgan fingerprint density at radius 2 is 1.90 bits per heavy atom. The van der Waals surface area contributed by atoms with Gasteiger partial charge in [-0.3, -0.25) is 0 Å². The molecule has 6 nitrogen and oxygen atoms in total. The molecule has 0 unspecified atom stereocenters. The topological polar surface area (TPSA) is 85.1 Å². The van der Waals surface area contributed by atoms with E-state index in [4.69, 9.17) is 10.6 Å². The van der Waals surface area contributed by atoms with Crippen LogP contribution in [-0.4, -0.2) is 17.1 Å². The van der Waals surface area contributed by atoms with Gasteiger partial charge in [0.1, 0.15) is 17.5 Å². The second-order valence-corrected chi connectivity index (χ2v) is 4.21. The van der Waals surface area contributed by atoms with Crippen LogP contribution < -0.4 is 21.3 Å². The normalized spacial score (nSPS) is 10.2. The zero-order valence-corrected chi connectivity index (χ0v) is 11.5. The van der Waals surface area contributed by atoms with Crippen LogP contribution in [0.3, 0.4) is 0 Å². The van der Waals surface area contributed by atoms with Gasteiger partial charge in [-0.2, -0.15) is 0 Å². The van der Waals surface area contributed by atoms with Gasteiger partial charge in [-0.15, -0.1) is 0 Å². The molecule has 7 heteroatoms. The molecule has 20 heavy (non-hydrogen) atoms. The molecule has 0 atom stereocenters. The smallest absolute Gasteiger partial charge is 0.165 e. The lowest BCUT2D eigenvalue weighted by Crippen LogP contribution is -2.13. The van der Waals surface area contributed by atoms with Crippen molar-refractivity contribution < 1.29 is 9.13 Å². The summed E-state index contributed by atoms with van der Waals surface area (Å²) in [6, 6.07) is 4.48. The van der Waals surface area contributed by atoms with Crippen molar-refractivity contribution in [3.05, 3.63) is 35.4 Å². The standard InChI is InChI=1S/C13H16FN5O/c1-7-12(16-8(2)17-13(7)19-15)18-9-4-5-10(14)11(6-9)20-3/h4-6H,15H2,1-3H3,(H2,16,17,18,19). The number of rotatable bonds is 4. The van der Waals surface area contributed by atoms with Gasteiger partial charge in [-0.1, -0.05) is 0 Å². The van der Waals surface area contributed by atoms with E-state index < -0.39 is 5.82 Å². The Bertz CT molecular complexity index is 632. The molecule has 4 N–H and O–H groups in total. The average molecular weight is 277 g/mol. The number of anilines is 3. The third-order valence-electron chi connectivity index (χ3n) is 2.81. The molecule has 0 aliphatic rings. The second kappa shape index (κ2) is 5.70. The number of hydrazine groups is 1. The van der Waals surface area contributed by atoms with Crippen LogP contribution in [0.4, 0.5) is 21.7 Å². The predicted molar refractivity (Wildman–Crippen MR) is 75.6 cm³/mol. The first-order valence-electron chi connectivity index (χ1n) is 5.97. The van der Waals surface area contributed by atoms with Crippen LogP contribution in [-0.2, 0) is 0 Å². The van der Waals surface area contributed by atoms with E-state index in [1.807, 2.05) is 6.92 Å². The van der Waals surface area contributed by atoms with Crippen molar-refractivity contribution in [2.45, 2.75) is 13.8 Å². The monoisotopic (exact) mass is 277 g/mol. The fourth-order valence-electron chi connectivity index (χ4n) is 1.76. The predicted octanol–water partition coefficient (Wildman–Crippen LogP) is 2.27. The van der Waals surface area contributed by atoms with Crippen molar-refractivity contribution in [3.8, 4) is 5.75 Å². The third kappa shape index (κ3) is 2.77. The molecule has 1 aromatic heterocycles. The number of aromatic nitrogens is 2. The van der Waals surface area contributed by atoms with E-state index in [0.717, 1.165) is 5.56 Å². The van der Waals surface area contributed by atoms with Crippen LogP contribution in [0.5, 0.6) is 5.75 Å². The van der Waals surface area contributed by atoms with Crippen molar-refractivity contribution in [2.75, 3.05) is 17.9 Å². The summed E-state index contributed by atoms with van der Waals surface area (Å²) in [5.74, 6) is 6.86. The van der Waals surface area contributed by atoms with E-state index in [1.54, 1.807) is 19.1 Å². The molecule has 0 amide bonds. The number of nitrogen functional groups attached to an aromatic ring is 1. The second-order valence-electron chi connectivity index (χ2n) is 4.21. The maximum atomic E-state index is 13.4. The van der Waals surface area contributed by atoms with E-state index >= 15 is 0 Å². The zero-order chi connectivity index (χ0) is 14.7. The molecular formula is C13H16FN5O. The lowest BCUT2D eigenvalue weighted by Gasteiger charge is -2.13. The molecule has 2 rings (SSSR count). The van der Waals surface area contributed by atoms with Gasteiger partial charge in [-0.25, -0.2) is 20.2 Å². The van der Waals surface area contributed by atoms with Crippen molar-refractivity contribution in [1.29, 1.82) is 0 Å². The maximum Gasteiger partial charge on any atom is 0.165 e. The van der Waals surface area contributed by atoms with Crippen molar-refractivity contribution in [3.63, 3.8) is 0 Å². The first kappa shape index (κ1) is 14.0. The number of nitrogens with two attached hydrogens (primary N) is 1. The number of hydrogen-bond acceptors (Lipinski definition) is 6. The van der Waals surface area contributed by atoms with Crippen molar-refractivity contribution in [2.24, 2.45) is 5.84 Å². The highest BCUT2D eigenvalue weighted by atomic mass is 19.1. The summed E-state index contributed by atoms with van der Waals surface area (Å²) < 4.78 is 18.3. The quantitative estimate of drug-likeness (QED) is 0.587. The Balaban J connectivity index is 2.37. The lowest BCUT2D eigenvalue weighted by molar-refractivity contribution is 0.387. The number of benzene rings is 1. The molecule has 1 heterocycles. The van der Waals surface area contributed by atoms with E-state index in [0.29, 0.717) is 23.1 Å². The summed E-state index contributed by atoms with van der Waals surface area (Å²) in [6.07, 6.45) is 0. The van der Waals surface area contributed by atoms with Gasteiger partial charge in [0.15, 0.2) is 11.6 Å². The molecule has 2 aromatic rings. The van der Waals surface area contributed by atoms with Crippen LogP contribution in [0.25, 0.3) is 0 Å². The Morgan fingerprint density at radius 1 is 1.20 bits per heavy atom. The van der Waals surface area contributed by atoms with Crippen LogP contribution >= 0.6 is 0 Å². The molecule has 0 saturated heterocycles. The van der Waals surface area contributed by atoms with Crippen molar-refractivity contribution >= 4 is 17.3 Å². The number of hydrogen-bond donors (Lipinski definition) is 3. The van der Waals surface area contributed by atoms with E-state index in [-0.39, 0.29) is 5.75 Å². The number of halogens is 1. The molecule has 0 aliphatic carbocycles. The van der Waals surface area contributed by atoms with Crippen LogP contribution in [0.1, 0.15) is 11.4 Å². The Kier molecular flexibility index (Phi) is 3.99. The highest BCUT2D eigenvalue weighted by Gasteiger charge is 2.10. The minimum Gasteiger partial charge on any atom is -0.494 e. The van der Waals surface area contributed by atoms with Gasteiger partial charge in [0, 0.05) is 17.3 Å². The summed E-state index contributed by atoms with van der Waals surface area (Å²) in [6.45, 7) is 3.59. The molecule has 0 radical (unpaired) electrons. The molecule has 1 aromatic carbocycles. The summed E-state index contributed by atoms with van der Waals surface area (Å²) in [4.78, 5) is 8.47. The molecular weight excluding hydrogens is 261 g/mol. The fourth-order valence-corrected chi connectivity index (χ4v) is 1.76. The van der Waals surface area contributed by atoms with Gasteiger partial charge < -0.3 is 15.5 Å². The average Bonchev–Trinajstić information content (AvgIpc) is 2.44. The molecule has 0 fully saturated rings. The van der Waals surface area contributed by atoms with Crippen LogP contribution in [0.15, 0.2) is 18.2 Å². The number of aryl methyl sites for hydroxylation is 1. The first-order valence-corrected chi connectivity index (χ1v) is 5.97. The van der Waals surface area contributed by atoms with E-state index in [1.165, 1.54) is 13.2 Å². The molecule has 0 bridgehead atoms. The van der Waals surface area contributed by atoms with Gasteiger partial charge in [0.25, 0.3) is 0 Å². The highest BCUT2D eigenvalue weighted by molar-refractivity contribution is 5.65. The minimum atomic E-state index is -0.419. The Hall–Kier alpha value is -2.41. The third-order valence-corrected chi connectivity index (χ3v) is 2.81. The highest BCUT2D eigenvalue weighted by Crippen LogP contribution is 2.26. The minimum absolute atomic E-state index is 0.163. The Labute approximate surface area is 116 Å². The van der Waals surface area contributed by atoms with E-state index in [9.17, 15) is 4.39 Å². The van der Waals surface area contributed by atoms with E-state index in [2.05, 4.69) is 20.7 Å². The SMILES string of the molecule is COc1cc(Nc2nc(C)nc(NN)c2C)ccc1F. The summed E-state index contributed by atoms with van der Waals surface area (Å²) in [5, 5.41) is 3.10. The summed E-state index contributed by atoms with van der Waals surface area (Å²) in [7, 11) is 1.42. The van der Waals surface area contributed by atoms with Crippen LogP contribution in [0, 0.1) is 19.7 Å². The number of nitrogens with zero attached hydrogens (tertiary/aromatic N) is 2. The molecule has 0 spiro atoms. The van der Waals surface area contributed by atoms with Crippen molar-refractivity contribution in [1.82, 2.24) is 9.97 Å². The van der Waals surface area contributed by atoms with Gasteiger partial charge in [0.05, 0.1) is 7.11 Å². The molecule has 0 aliphatic heterocycles. The van der Waals surface area contributed by atoms with Gasteiger partial charge in [0.2, 0.25) is 0 Å². The first-order chi connectivity index (χ1) is 9.55. The molecule has 106 valence electrons. The van der Waals surface area contributed by atoms with Gasteiger partial charge in [-0.05, 0) is 26.0 Å². The lowest BCUT2D eigenvalue weighted by atomic mass is 10.2. The fraction of sp³-hybridized carbons (Fsp3) is 0.231. The molecule has 0 saturated carbocycles.